The minimum atomic E-state index is -0.362. The van der Waals surface area contributed by atoms with Gasteiger partial charge < -0.3 is 19.7 Å². The minimum Gasteiger partial charge on any atom is -0.493 e. The molecule has 142 valence electrons. The molecule has 0 aliphatic rings. The van der Waals surface area contributed by atoms with Crippen LogP contribution in [0.25, 0.3) is 0 Å². The van der Waals surface area contributed by atoms with Crippen molar-refractivity contribution >= 4 is 11.6 Å². The molecule has 0 unspecified atom stereocenters. The van der Waals surface area contributed by atoms with E-state index in [1.54, 1.807) is 13.2 Å². The van der Waals surface area contributed by atoms with Gasteiger partial charge in [-0.05, 0) is 51.8 Å². The smallest absolute Gasteiger partial charge is 0.166 e. The van der Waals surface area contributed by atoms with Gasteiger partial charge in [0.05, 0.1) is 12.1 Å². The van der Waals surface area contributed by atoms with E-state index in [2.05, 4.69) is 24.3 Å². The molecule has 0 saturated carbocycles. The normalized spacial score (nSPS) is 11.0. The number of rotatable bonds is 10. The largest absolute Gasteiger partial charge is 0.493 e. The Hall–Kier alpha value is -1.82. The van der Waals surface area contributed by atoms with Gasteiger partial charge in [-0.1, -0.05) is 29.8 Å². The predicted molar refractivity (Wildman–Crippen MR) is 104 cm³/mol. The fraction of sp³-hybridized carbons (Fsp3) is 0.400. The molecular weight excluding hydrogens is 355 g/mol. The average molecular weight is 381 g/mol. The standard InChI is InChI=1S/C20H26ClFN2O2/c1-24(2)11-5-10-23-13-15-6-4-7-19(25-3)20(15)26-14-16-8-9-17(22)12-18(16)21/h4,6-9,12,23H,5,10-11,13-14H2,1-3H3. The van der Waals surface area contributed by atoms with Crippen LogP contribution in [-0.2, 0) is 13.2 Å². The molecule has 0 aliphatic carbocycles. The molecule has 0 spiro atoms. The Kier molecular flexibility index (Phi) is 8.16. The molecule has 26 heavy (non-hydrogen) atoms. The van der Waals surface area contributed by atoms with Gasteiger partial charge in [-0.3, -0.25) is 0 Å². The van der Waals surface area contributed by atoms with Gasteiger partial charge in [0.15, 0.2) is 11.5 Å². The van der Waals surface area contributed by atoms with Crippen LogP contribution in [0.5, 0.6) is 11.5 Å². The Labute approximate surface area is 159 Å². The van der Waals surface area contributed by atoms with Crippen LogP contribution in [0, 0.1) is 5.82 Å². The van der Waals surface area contributed by atoms with Crippen molar-refractivity contribution in [2.24, 2.45) is 0 Å². The summed E-state index contributed by atoms with van der Waals surface area (Å²) in [5.74, 6) is 0.977. The van der Waals surface area contributed by atoms with Gasteiger partial charge in [-0.15, -0.1) is 0 Å². The molecule has 2 rings (SSSR count). The molecule has 2 aromatic rings. The predicted octanol–water partition coefficient (Wildman–Crippen LogP) is 4.11. The summed E-state index contributed by atoms with van der Waals surface area (Å²) in [6.07, 6.45) is 1.07. The van der Waals surface area contributed by atoms with E-state index < -0.39 is 0 Å². The highest BCUT2D eigenvalue weighted by atomic mass is 35.5. The number of benzene rings is 2. The molecule has 0 saturated heterocycles. The molecular formula is C20H26ClFN2O2. The van der Waals surface area contributed by atoms with E-state index in [0.29, 0.717) is 23.1 Å². The van der Waals surface area contributed by atoms with Crippen LogP contribution >= 0.6 is 11.6 Å². The number of methoxy groups -OCH3 is 1. The number of hydrogen-bond acceptors (Lipinski definition) is 4. The minimum absolute atomic E-state index is 0.243. The first-order valence-corrected chi connectivity index (χ1v) is 8.97. The van der Waals surface area contributed by atoms with Crippen molar-refractivity contribution in [3.63, 3.8) is 0 Å². The summed E-state index contributed by atoms with van der Waals surface area (Å²) in [5.41, 5.74) is 1.73. The molecule has 0 amide bonds. The fourth-order valence-electron chi connectivity index (χ4n) is 2.56. The molecule has 0 aliphatic heterocycles. The zero-order valence-corrected chi connectivity index (χ0v) is 16.3. The zero-order valence-electron chi connectivity index (χ0n) is 15.5. The van der Waals surface area contributed by atoms with Crippen LogP contribution in [-0.4, -0.2) is 39.2 Å². The van der Waals surface area contributed by atoms with Crippen LogP contribution in [0.1, 0.15) is 17.5 Å². The molecule has 0 aromatic heterocycles. The van der Waals surface area contributed by atoms with Crippen LogP contribution in [0.2, 0.25) is 5.02 Å². The molecule has 4 nitrogen and oxygen atoms in total. The van der Waals surface area contributed by atoms with E-state index in [1.807, 2.05) is 18.2 Å². The molecule has 0 fully saturated rings. The number of para-hydroxylation sites is 1. The quantitative estimate of drug-likeness (QED) is 0.629. The van der Waals surface area contributed by atoms with Crippen molar-refractivity contribution < 1.29 is 13.9 Å². The third kappa shape index (κ3) is 6.16. The maximum atomic E-state index is 13.2. The van der Waals surface area contributed by atoms with Crippen LogP contribution < -0.4 is 14.8 Å². The maximum absolute atomic E-state index is 13.2. The fourth-order valence-corrected chi connectivity index (χ4v) is 2.78. The summed E-state index contributed by atoms with van der Waals surface area (Å²) >= 11 is 6.09. The van der Waals surface area contributed by atoms with E-state index >= 15 is 0 Å². The molecule has 0 radical (unpaired) electrons. The van der Waals surface area contributed by atoms with Crippen molar-refractivity contribution in [1.82, 2.24) is 10.2 Å². The highest BCUT2D eigenvalue weighted by molar-refractivity contribution is 6.31. The third-order valence-electron chi connectivity index (χ3n) is 3.94. The Bertz CT molecular complexity index is 710. The monoisotopic (exact) mass is 380 g/mol. The number of ether oxygens (including phenoxy) is 2. The lowest BCUT2D eigenvalue weighted by atomic mass is 10.1. The van der Waals surface area contributed by atoms with E-state index in [9.17, 15) is 4.39 Å². The van der Waals surface area contributed by atoms with Gasteiger partial charge in [0.25, 0.3) is 0 Å². The van der Waals surface area contributed by atoms with E-state index in [4.69, 9.17) is 21.1 Å². The van der Waals surface area contributed by atoms with E-state index in [0.717, 1.165) is 30.6 Å². The Morgan fingerprint density at radius 2 is 1.96 bits per heavy atom. The highest BCUT2D eigenvalue weighted by Crippen LogP contribution is 2.32. The molecule has 0 heterocycles. The molecule has 1 N–H and O–H groups in total. The molecule has 2 aromatic carbocycles. The van der Waals surface area contributed by atoms with Crippen molar-refractivity contribution in [2.75, 3.05) is 34.3 Å². The lowest BCUT2D eigenvalue weighted by Gasteiger charge is -2.16. The second-order valence-electron chi connectivity index (χ2n) is 6.31. The summed E-state index contributed by atoms with van der Waals surface area (Å²) < 4.78 is 24.6. The van der Waals surface area contributed by atoms with Crippen molar-refractivity contribution in [2.45, 2.75) is 19.6 Å². The summed E-state index contributed by atoms with van der Waals surface area (Å²) in [4.78, 5) is 2.16. The lowest BCUT2D eigenvalue weighted by Crippen LogP contribution is -2.21. The Morgan fingerprint density at radius 1 is 1.15 bits per heavy atom. The third-order valence-corrected chi connectivity index (χ3v) is 4.29. The van der Waals surface area contributed by atoms with Gasteiger partial charge >= 0.3 is 0 Å². The van der Waals surface area contributed by atoms with Gasteiger partial charge in [0, 0.05) is 17.7 Å². The summed E-state index contributed by atoms with van der Waals surface area (Å²) in [7, 11) is 5.74. The van der Waals surface area contributed by atoms with Crippen LogP contribution in [0.3, 0.4) is 0 Å². The molecule has 0 bridgehead atoms. The van der Waals surface area contributed by atoms with Gasteiger partial charge in [-0.25, -0.2) is 4.39 Å². The van der Waals surface area contributed by atoms with E-state index in [-0.39, 0.29) is 12.4 Å². The van der Waals surface area contributed by atoms with Crippen LogP contribution in [0.4, 0.5) is 4.39 Å². The average Bonchev–Trinajstić information content (AvgIpc) is 2.60. The van der Waals surface area contributed by atoms with Crippen molar-refractivity contribution in [3.05, 3.63) is 58.4 Å². The number of nitrogens with zero attached hydrogens (tertiary/aromatic N) is 1. The molecule has 6 heteroatoms. The van der Waals surface area contributed by atoms with Crippen molar-refractivity contribution in [3.8, 4) is 11.5 Å². The van der Waals surface area contributed by atoms with Crippen molar-refractivity contribution in [1.29, 1.82) is 0 Å². The topological polar surface area (TPSA) is 33.7 Å². The first kappa shape index (κ1) is 20.5. The first-order valence-electron chi connectivity index (χ1n) is 8.59. The van der Waals surface area contributed by atoms with Gasteiger partial charge in [0.2, 0.25) is 0 Å². The number of halogens is 2. The molecule has 0 atom stereocenters. The van der Waals surface area contributed by atoms with Gasteiger partial charge in [-0.2, -0.15) is 0 Å². The van der Waals surface area contributed by atoms with E-state index in [1.165, 1.54) is 12.1 Å². The second-order valence-corrected chi connectivity index (χ2v) is 6.71. The summed E-state index contributed by atoms with van der Waals surface area (Å²) in [6, 6.07) is 10.1. The first-order chi connectivity index (χ1) is 12.5. The lowest BCUT2D eigenvalue weighted by molar-refractivity contribution is 0.280. The second kappa shape index (κ2) is 10.4. The SMILES string of the molecule is COc1cccc(CNCCCN(C)C)c1OCc1ccc(F)cc1Cl. The Balaban J connectivity index is 2.03. The van der Waals surface area contributed by atoms with Crippen LogP contribution in [0.15, 0.2) is 36.4 Å². The summed E-state index contributed by atoms with van der Waals surface area (Å²) in [6.45, 7) is 2.88. The number of nitrogens with one attached hydrogen (secondary N) is 1. The summed E-state index contributed by atoms with van der Waals surface area (Å²) in [5, 5.41) is 3.78. The maximum Gasteiger partial charge on any atom is 0.166 e. The highest BCUT2D eigenvalue weighted by Gasteiger charge is 2.12. The zero-order chi connectivity index (χ0) is 18.9. The van der Waals surface area contributed by atoms with Gasteiger partial charge in [0.1, 0.15) is 12.4 Å². The Morgan fingerprint density at radius 3 is 2.65 bits per heavy atom. The number of hydrogen-bond donors (Lipinski definition) is 1.